The van der Waals surface area contributed by atoms with E-state index in [4.69, 9.17) is 11.6 Å². The van der Waals surface area contributed by atoms with Crippen molar-refractivity contribution in [3.8, 4) is 0 Å². The van der Waals surface area contributed by atoms with Gasteiger partial charge in [0.25, 0.3) is 0 Å². The summed E-state index contributed by atoms with van der Waals surface area (Å²) in [6.45, 7) is 5.90. The molecule has 0 bridgehead atoms. The Hall–Kier alpha value is -0.300. The molecular formula is C4H4ClF. The first kappa shape index (κ1) is 5.70. The quantitative estimate of drug-likeness (QED) is 0.450. The third-order valence-electron chi connectivity index (χ3n) is 0.294. The number of hydrogen-bond donors (Lipinski definition) is 0. The van der Waals surface area contributed by atoms with Gasteiger partial charge in [0.15, 0.2) is 0 Å². The van der Waals surface area contributed by atoms with Crippen LogP contribution in [0.2, 0.25) is 0 Å². The molecule has 0 aromatic carbocycles. The average Bonchev–Trinajstić information content (AvgIpc) is 1.36. The lowest BCUT2D eigenvalue weighted by Crippen LogP contribution is -1.60. The Morgan fingerprint density at radius 1 is 1.50 bits per heavy atom. The van der Waals surface area contributed by atoms with Crippen molar-refractivity contribution >= 4 is 11.6 Å². The molecule has 0 atom stereocenters. The van der Waals surface area contributed by atoms with Crippen LogP contribution in [0.1, 0.15) is 0 Å². The Kier molecular flexibility index (Phi) is 1.88. The van der Waals surface area contributed by atoms with E-state index in [1.54, 1.807) is 0 Å². The zero-order valence-corrected chi connectivity index (χ0v) is 3.93. The fourth-order valence-electron chi connectivity index (χ4n) is 0. The van der Waals surface area contributed by atoms with Gasteiger partial charge in [-0.2, -0.15) is 0 Å². The second kappa shape index (κ2) is 1.98. The molecule has 2 heteroatoms. The fraction of sp³-hybridized carbons (Fsp3) is 0. The van der Waals surface area contributed by atoms with E-state index in [0.717, 1.165) is 0 Å². The minimum absolute atomic E-state index is 0.130. The van der Waals surface area contributed by atoms with Crippen LogP contribution in [-0.4, -0.2) is 0 Å². The van der Waals surface area contributed by atoms with Crippen LogP contribution in [0.5, 0.6) is 0 Å². The van der Waals surface area contributed by atoms with Crippen molar-refractivity contribution in [2.75, 3.05) is 0 Å². The number of hydrogen-bond acceptors (Lipinski definition) is 0. The Morgan fingerprint density at radius 2 is 1.67 bits per heavy atom. The lowest BCUT2D eigenvalue weighted by Gasteiger charge is -1.79. The van der Waals surface area contributed by atoms with Gasteiger partial charge in [0.1, 0.15) is 5.83 Å². The van der Waals surface area contributed by atoms with Gasteiger partial charge in [-0.05, 0) is 0 Å². The molecule has 0 radical (unpaired) electrons. The molecule has 0 aliphatic rings. The minimum atomic E-state index is -0.670. The first-order chi connectivity index (χ1) is 2.64. The van der Waals surface area contributed by atoms with Gasteiger partial charge in [-0.3, -0.25) is 0 Å². The summed E-state index contributed by atoms with van der Waals surface area (Å²) < 4.78 is 11.4. The van der Waals surface area contributed by atoms with Crippen molar-refractivity contribution in [3.63, 3.8) is 0 Å². The van der Waals surface area contributed by atoms with Crippen LogP contribution in [0.3, 0.4) is 0 Å². The number of rotatable bonds is 1. The molecule has 0 unspecified atom stereocenters. The zero-order valence-electron chi connectivity index (χ0n) is 3.17. The lowest BCUT2D eigenvalue weighted by atomic mass is 10.6. The van der Waals surface area contributed by atoms with Crippen molar-refractivity contribution in [2.24, 2.45) is 0 Å². The average molecular weight is 107 g/mol. The Bertz CT molecular complexity index is 73.5. The highest BCUT2D eigenvalue weighted by Crippen LogP contribution is 2.08. The van der Waals surface area contributed by atoms with E-state index >= 15 is 0 Å². The van der Waals surface area contributed by atoms with E-state index in [0.29, 0.717) is 0 Å². The normalized spacial score (nSPS) is 7.67. The van der Waals surface area contributed by atoms with Gasteiger partial charge in [0, 0.05) is 0 Å². The third-order valence-corrected chi connectivity index (χ3v) is 0.499. The highest BCUT2D eigenvalue weighted by atomic mass is 35.5. The maximum atomic E-state index is 11.4. The molecule has 0 N–H and O–H groups in total. The Labute approximate surface area is 40.9 Å². The summed E-state index contributed by atoms with van der Waals surface area (Å²) in [6.07, 6.45) is 0. The first-order valence-corrected chi connectivity index (χ1v) is 1.71. The predicted molar refractivity (Wildman–Crippen MR) is 25.2 cm³/mol. The molecule has 0 aromatic heterocycles. The molecule has 0 aliphatic carbocycles. The molecule has 0 aliphatic heterocycles. The lowest BCUT2D eigenvalue weighted by molar-refractivity contribution is 0.667. The van der Waals surface area contributed by atoms with Crippen LogP contribution in [0.15, 0.2) is 24.0 Å². The van der Waals surface area contributed by atoms with Crippen molar-refractivity contribution < 1.29 is 4.39 Å². The van der Waals surface area contributed by atoms with Crippen molar-refractivity contribution in [2.45, 2.75) is 0 Å². The SMILES string of the molecule is C=C(F)C(=C)Cl. The molecule has 0 saturated heterocycles. The predicted octanol–water partition coefficient (Wildman–Crippen LogP) is 2.22. The topological polar surface area (TPSA) is 0 Å². The summed E-state index contributed by atoms with van der Waals surface area (Å²) >= 11 is 4.94. The highest BCUT2D eigenvalue weighted by Gasteiger charge is 1.86. The van der Waals surface area contributed by atoms with E-state index in [1.807, 2.05) is 0 Å². The summed E-state index contributed by atoms with van der Waals surface area (Å²) in [5.41, 5.74) is 0. The monoisotopic (exact) mass is 106 g/mol. The standard InChI is InChI=1S/C4H4ClF/c1-3(5)4(2)6/h1-2H2. The molecule has 0 spiro atoms. The molecule has 34 valence electrons. The largest absolute Gasteiger partial charge is 0.206 e. The van der Waals surface area contributed by atoms with Crippen LogP contribution < -0.4 is 0 Å². The van der Waals surface area contributed by atoms with Gasteiger partial charge in [-0.25, -0.2) is 4.39 Å². The second-order valence-electron chi connectivity index (χ2n) is 0.810. The molecule has 0 heterocycles. The number of allylic oxidation sites excluding steroid dienone is 2. The van der Waals surface area contributed by atoms with Gasteiger partial charge in [0.05, 0.1) is 5.03 Å². The summed E-state index contributed by atoms with van der Waals surface area (Å²) in [6, 6.07) is 0. The molecule has 6 heavy (non-hydrogen) atoms. The van der Waals surface area contributed by atoms with Crippen LogP contribution in [0.4, 0.5) is 4.39 Å². The zero-order chi connectivity index (χ0) is 5.15. The molecule has 0 amide bonds. The van der Waals surface area contributed by atoms with E-state index in [2.05, 4.69) is 13.2 Å². The van der Waals surface area contributed by atoms with E-state index < -0.39 is 5.83 Å². The van der Waals surface area contributed by atoms with Gasteiger partial charge < -0.3 is 0 Å². The van der Waals surface area contributed by atoms with Crippen LogP contribution in [0.25, 0.3) is 0 Å². The minimum Gasteiger partial charge on any atom is -0.206 e. The van der Waals surface area contributed by atoms with Crippen molar-refractivity contribution in [1.82, 2.24) is 0 Å². The maximum Gasteiger partial charge on any atom is 0.134 e. The molecule has 0 aromatic rings. The fourth-order valence-corrected chi connectivity index (χ4v) is 0. The summed E-state index contributed by atoms with van der Waals surface area (Å²) in [4.78, 5) is 0. The van der Waals surface area contributed by atoms with E-state index in [-0.39, 0.29) is 5.03 Å². The van der Waals surface area contributed by atoms with Crippen LogP contribution in [0, 0.1) is 0 Å². The smallest absolute Gasteiger partial charge is 0.134 e. The second-order valence-corrected chi connectivity index (χ2v) is 1.27. The van der Waals surface area contributed by atoms with Crippen LogP contribution >= 0.6 is 11.6 Å². The number of halogens is 2. The van der Waals surface area contributed by atoms with E-state index in [9.17, 15) is 4.39 Å². The first-order valence-electron chi connectivity index (χ1n) is 1.34. The molecule has 0 rings (SSSR count). The van der Waals surface area contributed by atoms with Crippen LogP contribution in [-0.2, 0) is 0 Å². The maximum absolute atomic E-state index is 11.4. The Balaban J connectivity index is 3.57. The van der Waals surface area contributed by atoms with Gasteiger partial charge in [-0.1, -0.05) is 24.8 Å². The summed E-state index contributed by atoms with van der Waals surface area (Å²) in [5, 5.41) is -0.130. The van der Waals surface area contributed by atoms with Gasteiger partial charge >= 0.3 is 0 Å². The summed E-state index contributed by atoms with van der Waals surface area (Å²) in [7, 11) is 0. The van der Waals surface area contributed by atoms with E-state index in [1.165, 1.54) is 0 Å². The highest BCUT2D eigenvalue weighted by molar-refractivity contribution is 6.31. The van der Waals surface area contributed by atoms with Crippen molar-refractivity contribution in [1.29, 1.82) is 0 Å². The molecule has 0 fully saturated rings. The van der Waals surface area contributed by atoms with Gasteiger partial charge in [-0.15, -0.1) is 0 Å². The Morgan fingerprint density at radius 3 is 1.67 bits per heavy atom. The molecule has 0 nitrogen and oxygen atoms in total. The van der Waals surface area contributed by atoms with Gasteiger partial charge in [0.2, 0.25) is 0 Å². The molecule has 0 saturated carbocycles. The third kappa shape index (κ3) is 1.97. The molecular weight excluding hydrogens is 102 g/mol. The van der Waals surface area contributed by atoms with Crippen molar-refractivity contribution in [3.05, 3.63) is 24.0 Å². The summed E-state index contributed by atoms with van der Waals surface area (Å²) in [5.74, 6) is -0.670.